The topological polar surface area (TPSA) is 58.2 Å². The van der Waals surface area contributed by atoms with Crippen LogP contribution in [-0.4, -0.2) is 15.5 Å². The second-order valence-electron chi connectivity index (χ2n) is 3.69. The van der Waals surface area contributed by atoms with Gasteiger partial charge < -0.3 is 5.43 Å². The Balaban J connectivity index is 2.55. The summed E-state index contributed by atoms with van der Waals surface area (Å²) in [5.41, 5.74) is 6.09. The summed E-state index contributed by atoms with van der Waals surface area (Å²) in [6.07, 6.45) is 0. The highest BCUT2D eigenvalue weighted by atomic mass is 32.2. The highest BCUT2D eigenvalue weighted by Crippen LogP contribution is 2.26. The Morgan fingerprint density at radius 2 is 1.50 bits per heavy atom. The van der Waals surface area contributed by atoms with Gasteiger partial charge in [-0.1, -0.05) is 30.3 Å². The van der Waals surface area contributed by atoms with Crippen LogP contribution in [0, 0.1) is 0 Å². The number of rotatable bonds is 4. The second kappa shape index (κ2) is 5.20. The summed E-state index contributed by atoms with van der Waals surface area (Å²) in [6, 6.07) is 15.2. The number of nitrogens with one attached hydrogen (secondary N) is 2. The number of anilines is 1. The average Bonchev–Trinajstić information content (AvgIpc) is 2.41. The van der Waals surface area contributed by atoms with E-state index in [9.17, 15) is 8.42 Å². The molecule has 5 heteroatoms. The SMILES string of the molecule is CNNc1ccccc1S(=O)(=O)c1ccccc1. The van der Waals surface area contributed by atoms with Gasteiger partial charge in [0.05, 0.1) is 15.5 Å². The molecular formula is C13H14N2O2S. The van der Waals surface area contributed by atoms with Crippen LogP contribution in [0.15, 0.2) is 64.4 Å². The van der Waals surface area contributed by atoms with Crippen molar-refractivity contribution in [3.63, 3.8) is 0 Å². The van der Waals surface area contributed by atoms with Crippen molar-refractivity contribution in [2.75, 3.05) is 12.5 Å². The summed E-state index contributed by atoms with van der Waals surface area (Å²) in [4.78, 5) is 0.543. The fourth-order valence-corrected chi connectivity index (χ4v) is 3.10. The molecule has 18 heavy (non-hydrogen) atoms. The molecule has 0 heterocycles. The van der Waals surface area contributed by atoms with Crippen LogP contribution in [0.2, 0.25) is 0 Å². The van der Waals surface area contributed by atoms with Crippen LogP contribution in [0.5, 0.6) is 0 Å². The van der Waals surface area contributed by atoms with E-state index in [0.717, 1.165) is 0 Å². The molecule has 94 valence electrons. The predicted octanol–water partition coefficient (Wildman–Crippen LogP) is 2.07. The minimum absolute atomic E-state index is 0.255. The molecule has 0 amide bonds. The molecular weight excluding hydrogens is 248 g/mol. The molecule has 0 saturated carbocycles. The molecule has 0 fully saturated rings. The maximum atomic E-state index is 12.5. The average molecular weight is 262 g/mol. The van der Waals surface area contributed by atoms with Gasteiger partial charge in [-0.25, -0.2) is 13.8 Å². The highest BCUT2D eigenvalue weighted by Gasteiger charge is 2.20. The van der Waals surface area contributed by atoms with E-state index in [1.165, 1.54) is 0 Å². The van der Waals surface area contributed by atoms with Crippen molar-refractivity contribution in [3.05, 3.63) is 54.6 Å². The first-order valence-electron chi connectivity index (χ1n) is 5.48. The van der Waals surface area contributed by atoms with E-state index in [1.807, 2.05) is 0 Å². The summed E-state index contributed by atoms with van der Waals surface area (Å²) in [5, 5.41) is 0. The fraction of sp³-hybridized carbons (Fsp3) is 0.0769. The van der Waals surface area contributed by atoms with Crippen molar-refractivity contribution in [2.45, 2.75) is 9.79 Å². The van der Waals surface area contributed by atoms with Gasteiger partial charge in [0.25, 0.3) is 0 Å². The molecule has 2 rings (SSSR count). The molecule has 0 bridgehead atoms. The van der Waals surface area contributed by atoms with Gasteiger partial charge in [-0.3, -0.25) is 0 Å². The first-order valence-corrected chi connectivity index (χ1v) is 6.96. The van der Waals surface area contributed by atoms with Gasteiger partial charge in [0.15, 0.2) is 0 Å². The number of para-hydroxylation sites is 1. The van der Waals surface area contributed by atoms with Crippen molar-refractivity contribution in [2.24, 2.45) is 0 Å². The van der Waals surface area contributed by atoms with Crippen molar-refractivity contribution in [1.29, 1.82) is 0 Å². The Morgan fingerprint density at radius 3 is 2.17 bits per heavy atom. The first kappa shape index (κ1) is 12.6. The Hall–Kier alpha value is -1.85. The van der Waals surface area contributed by atoms with Crippen LogP contribution in [0.1, 0.15) is 0 Å². The third-order valence-corrected chi connectivity index (χ3v) is 4.32. The molecule has 0 aromatic heterocycles. The molecule has 2 N–H and O–H groups in total. The molecule has 0 saturated heterocycles. The minimum atomic E-state index is -3.49. The third kappa shape index (κ3) is 2.37. The van der Waals surface area contributed by atoms with Crippen LogP contribution in [0.25, 0.3) is 0 Å². The number of hydrogen-bond acceptors (Lipinski definition) is 4. The Morgan fingerprint density at radius 1 is 0.889 bits per heavy atom. The Kier molecular flexibility index (Phi) is 3.64. The van der Waals surface area contributed by atoms with Crippen LogP contribution in [0.4, 0.5) is 5.69 Å². The highest BCUT2D eigenvalue weighted by molar-refractivity contribution is 7.91. The fourth-order valence-electron chi connectivity index (χ4n) is 1.67. The molecule has 0 aliphatic rings. The summed E-state index contributed by atoms with van der Waals surface area (Å²) in [5.74, 6) is 0. The summed E-state index contributed by atoms with van der Waals surface area (Å²) >= 11 is 0. The van der Waals surface area contributed by atoms with Gasteiger partial charge in [-0.05, 0) is 24.3 Å². The quantitative estimate of drug-likeness (QED) is 0.828. The number of hydrogen-bond donors (Lipinski definition) is 2. The van der Waals surface area contributed by atoms with Gasteiger partial charge >= 0.3 is 0 Å². The van der Waals surface area contributed by atoms with Crippen LogP contribution in [-0.2, 0) is 9.84 Å². The molecule has 0 aliphatic carbocycles. The van der Waals surface area contributed by atoms with E-state index >= 15 is 0 Å². The zero-order chi connectivity index (χ0) is 13.0. The van der Waals surface area contributed by atoms with E-state index in [4.69, 9.17) is 0 Å². The van der Waals surface area contributed by atoms with Crippen LogP contribution >= 0.6 is 0 Å². The lowest BCUT2D eigenvalue weighted by Crippen LogP contribution is -2.17. The zero-order valence-corrected chi connectivity index (χ0v) is 10.7. The largest absolute Gasteiger partial charge is 0.320 e. The monoisotopic (exact) mass is 262 g/mol. The van der Waals surface area contributed by atoms with E-state index in [2.05, 4.69) is 10.9 Å². The van der Waals surface area contributed by atoms with E-state index < -0.39 is 9.84 Å². The van der Waals surface area contributed by atoms with Crippen molar-refractivity contribution >= 4 is 15.5 Å². The minimum Gasteiger partial charge on any atom is -0.320 e. The number of hydrazine groups is 1. The van der Waals surface area contributed by atoms with Crippen molar-refractivity contribution < 1.29 is 8.42 Å². The Labute approximate surface area is 107 Å². The van der Waals surface area contributed by atoms with Gasteiger partial charge in [0.1, 0.15) is 0 Å². The van der Waals surface area contributed by atoms with E-state index in [1.54, 1.807) is 61.6 Å². The summed E-state index contributed by atoms with van der Waals surface area (Å²) < 4.78 is 24.9. The van der Waals surface area contributed by atoms with Gasteiger partial charge in [0, 0.05) is 7.05 Å². The lowest BCUT2D eigenvalue weighted by molar-refractivity contribution is 0.596. The molecule has 0 atom stereocenters. The predicted molar refractivity (Wildman–Crippen MR) is 71.0 cm³/mol. The lowest BCUT2D eigenvalue weighted by atomic mass is 10.3. The zero-order valence-electron chi connectivity index (χ0n) is 9.92. The molecule has 2 aromatic rings. The molecule has 0 unspecified atom stereocenters. The molecule has 0 aliphatic heterocycles. The van der Waals surface area contributed by atoms with Crippen molar-refractivity contribution in [3.8, 4) is 0 Å². The summed E-state index contributed by atoms with van der Waals surface area (Å²) in [6.45, 7) is 0. The van der Waals surface area contributed by atoms with Gasteiger partial charge in [0.2, 0.25) is 9.84 Å². The van der Waals surface area contributed by atoms with Crippen LogP contribution in [0.3, 0.4) is 0 Å². The van der Waals surface area contributed by atoms with Gasteiger partial charge in [-0.2, -0.15) is 0 Å². The molecule has 0 spiro atoms. The normalized spacial score (nSPS) is 11.2. The van der Waals surface area contributed by atoms with Crippen molar-refractivity contribution in [1.82, 2.24) is 5.43 Å². The summed E-state index contributed by atoms with van der Waals surface area (Å²) in [7, 11) is -1.81. The second-order valence-corrected chi connectivity index (χ2v) is 5.61. The number of sulfone groups is 1. The Bertz CT molecular complexity index is 624. The third-order valence-electron chi connectivity index (χ3n) is 2.49. The van der Waals surface area contributed by atoms with E-state index in [-0.39, 0.29) is 9.79 Å². The molecule has 0 radical (unpaired) electrons. The molecule has 4 nitrogen and oxygen atoms in total. The van der Waals surface area contributed by atoms with Gasteiger partial charge in [-0.15, -0.1) is 0 Å². The molecule has 2 aromatic carbocycles. The maximum Gasteiger partial charge on any atom is 0.208 e. The van der Waals surface area contributed by atoms with Crippen LogP contribution < -0.4 is 10.9 Å². The number of benzene rings is 2. The smallest absolute Gasteiger partial charge is 0.208 e. The first-order chi connectivity index (χ1) is 8.66. The standard InChI is InChI=1S/C13H14N2O2S/c1-14-15-12-9-5-6-10-13(12)18(16,17)11-7-3-2-4-8-11/h2-10,14-15H,1H3. The van der Waals surface area contributed by atoms with E-state index in [0.29, 0.717) is 5.69 Å². The maximum absolute atomic E-state index is 12.5. The lowest BCUT2D eigenvalue weighted by Gasteiger charge is -2.11.